The molecule has 0 aliphatic heterocycles. The highest BCUT2D eigenvalue weighted by Gasteiger charge is 2.19. The van der Waals surface area contributed by atoms with E-state index in [9.17, 15) is 10.2 Å². The molecule has 0 unspecified atom stereocenters. The highest BCUT2D eigenvalue weighted by Crippen LogP contribution is 2.36. The Hall–Kier alpha value is -6.57. The molecule has 11 aromatic rings. The molecule has 9 heterocycles. The smallest absolute Gasteiger partial charge is 0.215 e. The molecular formula is C45H42N16O2S6. The zero-order valence-corrected chi connectivity index (χ0v) is 41.6. The zero-order chi connectivity index (χ0) is 47.2. The van der Waals surface area contributed by atoms with E-state index in [1.54, 1.807) is 101 Å². The fourth-order valence-electron chi connectivity index (χ4n) is 6.90. The number of benzene rings is 2. The van der Waals surface area contributed by atoms with Crippen molar-refractivity contribution in [1.82, 2.24) is 70.0 Å². The number of thiazole rings is 2. The van der Waals surface area contributed by atoms with E-state index in [-0.39, 0.29) is 5.75 Å². The monoisotopic (exact) mass is 1030 g/mol. The van der Waals surface area contributed by atoms with Gasteiger partial charge in [-0.2, -0.15) is 0 Å². The molecule has 1 saturated carbocycles. The third kappa shape index (κ3) is 12.8. The quantitative estimate of drug-likeness (QED) is 0.0833. The van der Waals surface area contributed by atoms with Crippen LogP contribution in [0.5, 0.6) is 11.5 Å². The first-order chi connectivity index (χ1) is 33.9. The van der Waals surface area contributed by atoms with Crippen molar-refractivity contribution in [2.45, 2.75) is 59.0 Å². The molecule has 9 aromatic heterocycles. The summed E-state index contributed by atoms with van der Waals surface area (Å²) in [5.41, 5.74) is 7.76. The number of aromatic hydroxyl groups is 2. The Morgan fingerprint density at radius 1 is 0.580 bits per heavy atom. The van der Waals surface area contributed by atoms with E-state index in [0.717, 1.165) is 99.6 Å². The Morgan fingerprint density at radius 3 is 1.75 bits per heavy atom. The lowest BCUT2D eigenvalue weighted by atomic mass is 10.1. The average molecular weight is 1030 g/mol. The van der Waals surface area contributed by atoms with E-state index in [1.165, 1.54) is 54.3 Å². The van der Waals surface area contributed by atoms with Crippen LogP contribution < -0.4 is 10.6 Å². The van der Waals surface area contributed by atoms with E-state index >= 15 is 0 Å². The molecule has 4 N–H and O–H groups in total. The van der Waals surface area contributed by atoms with Gasteiger partial charge in [0.2, 0.25) is 5.16 Å². The van der Waals surface area contributed by atoms with Gasteiger partial charge in [0.05, 0.1) is 16.4 Å². The number of thiophene rings is 2. The second-order valence-electron chi connectivity index (χ2n) is 15.0. The predicted octanol–water partition coefficient (Wildman–Crippen LogP) is 9.98. The number of hydrogen-bond donors (Lipinski definition) is 4. The Kier molecular flexibility index (Phi) is 16.3. The van der Waals surface area contributed by atoms with Crippen LogP contribution in [0.25, 0.3) is 41.1 Å². The van der Waals surface area contributed by atoms with Crippen LogP contribution in [0, 0.1) is 0 Å². The molecule has 0 bridgehead atoms. The Labute approximate surface area is 419 Å². The van der Waals surface area contributed by atoms with Gasteiger partial charge in [0.1, 0.15) is 83.0 Å². The number of nitrogens with one attached hydrogen (secondary N) is 2. The maximum atomic E-state index is 9.22. The largest absolute Gasteiger partial charge is 0.508 e. The van der Waals surface area contributed by atoms with Crippen LogP contribution in [0.1, 0.15) is 36.8 Å². The van der Waals surface area contributed by atoms with Crippen LogP contribution in [-0.4, -0.2) is 98.6 Å². The van der Waals surface area contributed by atoms with Gasteiger partial charge < -0.3 is 20.8 Å². The van der Waals surface area contributed by atoms with E-state index < -0.39 is 0 Å². The molecule has 69 heavy (non-hydrogen) atoms. The summed E-state index contributed by atoms with van der Waals surface area (Å²) < 4.78 is 1.62. The summed E-state index contributed by atoms with van der Waals surface area (Å²) in [5, 5.41) is 45.8. The van der Waals surface area contributed by atoms with Crippen LogP contribution in [-0.2, 0) is 19.9 Å². The van der Waals surface area contributed by atoms with Crippen LogP contribution in [0.2, 0.25) is 0 Å². The molecule has 0 spiro atoms. The van der Waals surface area contributed by atoms with Crippen LogP contribution in [0.15, 0.2) is 123 Å². The molecule has 24 heteroatoms. The summed E-state index contributed by atoms with van der Waals surface area (Å²) in [6.45, 7) is 1.56. The first kappa shape index (κ1) is 47.5. The van der Waals surface area contributed by atoms with Crippen molar-refractivity contribution in [2.75, 3.05) is 23.7 Å². The molecule has 2 aromatic carbocycles. The van der Waals surface area contributed by atoms with E-state index in [4.69, 9.17) is 0 Å². The molecule has 0 radical (unpaired) electrons. The standard InChI is InChI=1S/C14H13N3OS.C13H12N4OS.C10H11N3S2.C8H6N6S2/c18-11-3-1-10(2-4-11)5-7-15-13-12-6-8-19-14(12)17-9-16-13;18-10-3-1-9(2-4-10)5-6-14-12-11-13(16-7-15-12)19-8-17-11;1-2-4-7(3-1)15-10-8-9(11-5-12-10)14-6-13-8;1-14-8(11-12-13-14)16-7-5-2-3-15-6(5)9-4-10-7/h1-4,6,8-9,18H,5,7H2,(H,15,16,17);1-4,7-8,18H,5-6H2,(H,14,15,16);5-7H,1-4H2;2-4H,1H3. The maximum Gasteiger partial charge on any atom is 0.215 e. The van der Waals surface area contributed by atoms with Crippen molar-refractivity contribution in [3.63, 3.8) is 0 Å². The molecule has 350 valence electrons. The number of phenols is 2. The fourth-order valence-corrected chi connectivity index (χ4v) is 11.8. The summed E-state index contributed by atoms with van der Waals surface area (Å²) in [5.74, 6) is 2.24. The van der Waals surface area contributed by atoms with Crippen LogP contribution in [0.3, 0.4) is 0 Å². The van der Waals surface area contributed by atoms with Crippen molar-refractivity contribution in [3.05, 3.63) is 119 Å². The summed E-state index contributed by atoms with van der Waals surface area (Å²) in [6, 6.07) is 18.5. The minimum Gasteiger partial charge on any atom is -0.508 e. The number of anilines is 2. The molecular weight excluding hydrogens is 989 g/mol. The number of phenolic OH excluding ortho intramolecular Hbond substituents is 2. The molecule has 12 rings (SSSR count). The topological polar surface area (TPSA) is 237 Å². The SMILES string of the molecule is Cn1nnnc1Sc1ncnc2sccc12.Oc1ccc(CCNc2ncnc3sccc23)cc1.Oc1ccc(CCNc2ncnc3scnc23)cc1.c1nc(SC2CCCC2)c2ncsc2n1. The molecule has 1 aliphatic rings. The molecule has 0 saturated heterocycles. The van der Waals surface area contributed by atoms with Gasteiger partial charge in [-0.3, -0.25) is 0 Å². The minimum absolute atomic E-state index is 0.289. The average Bonchev–Trinajstić information content (AvgIpc) is 4.24. The molecule has 1 aliphatic carbocycles. The van der Waals surface area contributed by atoms with Gasteiger partial charge in [-0.15, -0.1) is 62.2 Å². The van der Waals surface area contributed by atoms with Crippen molar-refractivity contribution >= 4 is 122 Å². The molecule has 0 amide bonds. The second kappa shape index (κ2) is 23.6. The summed E-state index contributed by atoms with van der Waals surface area (Å²) in [6.07, 6.45) is 13.5. The van der Waals surface area contributed by atoms with Crippen molar-refractivity contribution in [2.24, 2.45) is 7.05 Å². The summed E-state index contributed by atoms with van der Waals surface area (Å²) >= 11 is 9.61. The highest BCUT2D eigenvalue weighted by atomic mass is 32.2. The third-order valence-electron chi connectivity index (χ3n) is 10.4. The number of thioether (sulfide) groups is 1. The zero-order valence-electron chi connectivity index (χ0n) is 36.7. The normalized spacial score (nSPS) is 12.3. The number of fused-ring (bicyclic) bond motifs is 4. The molecule has 1 fully saturated rings. The summed E-state index contributed by atoms with van der Waals surface area (Å²) in [4.78, 5) is 46.3. The fraction of sp³-hybridized carbons (Fsp3) is 0.222. The highest BCUT2D eigenvalue weighted by molar-refractivity contribution is 8.00. The number of tetrazole rings is 1. The van der Waals surface area contributed by atoms with Gasteiger partial charge in [-0.1, -0.05) is 37.1 Å². The first-order valence-electron chi connectivity index (χ1n) is 21.5. The van der Waals surface area contributed by atoms with Crippen molar-refractivity contribution < 1.29 is 10.2 Å². The number of hydrogen-bond acceptors (Lipinski definition) is 23. The van der Waals surface area contributed by atoms with Gasteiger partial charge in [-0.05, 0) is 106 Å². The third-order valence-corrected chi connectivity index (χ3v) is 15.8. The number of aromatic nitrogens is 14. The van der Waals surface area contributed by atoms with E-state index in [2.05, 4.69) is 76.0 Å². The minimum atomic E-state index is 0.289. The second-order valence-corrected chi connectivity index (χ2v) is 20.7. The Morgan fingerprint density at radius 2 is 1.12 bits per heavy atom. The predicted molar refractivity (Wildman–Crippen MR) is 277 cm³/mol. The number of rotatable bonds is 12. The Balaban J connectivity index is 0.000000115. The summed E-state index contributed by atoms with van der Waals surface area (Å²) in [7, 11) is 1.80. The van der Waals surface area contributed by atoms with Gasteiger partial charge in [0, 0.05) is 30.8 Å². The van der Waals surface area contributed by atoms with Gasteiger partial charge >= 0.3 is 0 Å². The lowest BCUT2D eigenvalue weighted by Crippen LogP contribution is -2.06. The van der Waals surface area contributed by atoms with E-state index in [0.29, 0.717) is 10.9 Å². The number of nitrogens with zero attached hydrogens (tertiary/aromatic N) is 14. The van der Waals surface area contributed by atoms with Gasteiger partial charge in [0.25, 0.3) is 0 Å². The van der Waals surface area contributed by atoms with Crippen LogP contribution in [0.4, 0.5) is 11.6 Å². The lowest BCUT2D eigenvalue weighted by molar-refractivity contribution is 0.474. The van der Waals surface area contributed by atoms with E-state index in [1.807, 2.05) is 64.4 Å². The van der Waals surface area contributed by atoms with Crippen LogP contribution >= 0.6 is 68.9 Å². The lowest BCUT2D eigenvalue weighted by Gasteiger charge is -2.06. The Bertz CT molecular complexity index is 3220. The first-order valence-corrected chi connectivity index (χ1v) is 26.7. The van der Waals surface area contributed by atoms with Gasteiger partial charge in [-0.25, -0.2) is 54.5 Å². The van der Waals surface area contributed by atoms with Crippen molar-refractivity contribution in [1.29, 1.82) is 0 Å². The van der Waals surface area contributed by atoms with Gasteiger partial charge in [0.15, 0.2) is 5.82 Å². The molecule has 18 nitrogen and oxygen atoms in total. The molecule has 0 atom stereocenters. The van der Waals surface area contributed by atoms with Crippen molar-refractivity contribution in [3.8, 4) is 11.5 Å². The number of aryl methyl sites for hydroxylation is 1. The maximum absolute atomic E-state index is 9.22.